The molecule has 3 atom stereocenters. The van der Waals surface area contributed by atoms with E-state index in [4.69, 9.17) is 5.73 Å². The molecule has 0 spiro atoms. The normalized spacial score (nSPS) is 20.6. The summed E-state index contributed by atoms with van der Waals surface area (Å²) in [6.07, 6.45) is 0. The Hall–Kier alpha value is -2.21. The van der Waals surface area contributed by atoms with Crippen LogP contribution in [-0.4, -0.2) is 41.8 Å². The molecular weight excluding hydrogens is 362 g/mol. The molecule has 0 bridgehead atoms. The van der Waals surface area contributed by atoms with E-state index in [2.05, 4.69) is 22.3 Å². The second-order valence-electron chi connectivity index (χ2n) is 6.94. The summed E-state index contributed by atoms with van der Waals surface area (Å²) < 4.78 is 0. The van der Waals surface area contributed by atoms with Crippen molar-refractivity contribution in [3.63, 3.8) is 0 Å². The van der Waals surface area contributed by atoms with Gasteiger partial charge in [-0.3, -0.25) is 14.5 Å². The molecule has 5 nitrogen and oxygen atoms in total. The summed E-state index contributed by atoms with van der Waals surface area (Å²) in [5, 5.41) is 2.91. The standard InChI is InChI=1S/C21H25N3O2.ClH/c1-14(21(26)23-18-10-6-9-17(11-18)15(2)25)24-12-19(20(22)13-24)16-7-4-3-5-8-16;/h3-11,14,19-20H,12-13,22H2,1-2H3,(H,23,26);1H/t14?,19-,20+;/m0./s1. The molecule has 27 heavy (non-hydrogen) atoms. The van der Waals surface area contributed by atoms with Crippen LogP contribution >= 0.6 is 12.4 Å². The first-order valence-electron chi connectivity index (χ1n) is 8.92. The number of nitrogens with two attached hydrogens (primary N) is 1. The van der Waals surface area contributed by atoms with E-state index < -0.39 is 0 Å². The molecule has 1 aliphatic heterocycles. The van der Waals surface area contributed by atoms with Crippen LogP contribution in [0.2, 0.25) is 0 Å². The number of likely N-dealkylation sites (tertiary alicyclic amines) is 1. The summed E-state index contributed by atoms with van der Waals surface area (Å²) in [6.45, 7) is 4.85. The molecule has 1 aliphatic rings. The van der Waals surface area contributed by atoms with E-state index >= 15 is 0 Å². The maximum absolute atomic E-state index is 12.7. The van der Waals surface area contributed by atoms with Crippen LogP contribution in [0.25, 0.3) is 0 Å². The van der Waals surface area contributed by atoms with Crippen molar-refractivity contribution < 1.29 is 9.59 Å². The zero-order valence-electron chi connectivity index (χ0n) is 15.6. The Morgan fingerprint density at radius 3 is 2.48 bits per heavy atom. The zero-order chi connectivity index (χ0) is 18.7. The number of anilines is 1. The van der Waals surface area contributed by atoms with Crippen LogP contribution in [0.5, 0.6) is 0 Å². The first-order valence-corrected chi connectivity index (χ1v) is 8.92. The largest absolute Gasteiger partial charge is 0.326 e. The topological polar surface area (TPSA) is 75.4 Å². The number of amides is 1. The van der Waals surface area contributed by atoms with Gasteiger partial charge in [-0.2, -0.15) is 0 Å². The summed E-state index contributed by atoms with van der Waals surface area (Å²) in [4.78, 5) is 26.3. The van der Waals surface area contributed by atoms with Gasteiger partial charge < -0.3 is 11.1 Å². The maximum Gasteiger partial charge on any atom is 0.241 e. The minimum atomic E-state index is -0.296. The van der Waals surface area contributed by atoms with Crippen LogP contribution in [0.1, 0.15) is 35.7 Å². The first kappa shape index (κ1) is 21.1. The number of hydrogen-bond acceptors (Lipinski definition) is 4. The molecule has 3 N–H and O–H groups in total. The van der Waals surface area contributed by atoms with Crippen molar-refractivity contribution in [2.75, 3.05) is 18.4 Å². The highest BCUT2D eigenvalue weighted by Gasteiger charge is 2.35. The fourth-order valence-electron chi connectivity index (χ4n) is 3.46. The molecule has 6 heteroatoms. The fraction of sp³-hybridized carbons (Fsp3) is 0.333. The van der Waals surface area contributed by atoms with Crippen LogP contribution in [0.3, 0.4) is 0 Å². The van der Waals surface area contributed by atoms with E-state index in [9.17, 15) is 9.59 Å². The van der Waals surface area contributed by atoms with Crippen LogP contribution in [-0.2, 0) is 4.79 Å². The van der Waals surface area contributed by atoms with Crippen LogP contribution < -0.4 is 11.1 Å². The molecule has 144 valence electrons. The highest BCUT2D eigenvalue weighted by molar-refractivity contribution is 5.98. The Morgan fingerprint density at radius 1 is 1.11 bits per heavy atom. The van der Waals surface area contributed by atoms with E-state index in [1.54, 1.807) is 24.3 Å². The van der Waals surface area contributed by atoms with E-state index in [1.807, 2.05) is 25.1 Å². The van der Waals surface area contributed by atoms with Gasteiger partial charge >= 0.3 is 0 Å². The Kier molecular flexibility index (Phi) is 7.13. The lowest BCUT2D eigenvalue weighted by molar-refractivity contribution is -0.120. The first-order chi connectivity index (χ1) is 12.5. The van der Waals surface area contributed by atoms with Gasteiger partial charge in [0.25, 0.3) is 0 Å². The molecule has 2 aromatic carbocycles. The lowest BCUT2D eigenvalue weighted by Crippen LogP contribution is -2.41. The number of hydrogen-bond donors (Lipinski definition) is 2. The van der Waals surface area contributed by atoms with Gasteiger partial charge in [0.15, 0.2) is 5.78 Å². The third-order valence-corrected chi connectivity index (χ3v) is 5.08. The molecule has 1 fully saturated rings. The summed E-state index contributed by atoms with van der Waals surface area (Å²) in [7, 11) is 0. The molecule has 1 heterocycles. The number of carbonyl (C=O) groups excluding carboxylic acids is 2. The zero-order valence-corrected chi connectivity index (χ0v) is 16.4. The second kappa shape index (κ2) is 9.13. The smallest absolute Gasteiger partial charge is 0.241 e. The average Bonchev–Trinajstić information content (AvgIpc) is 3.03. The van der Waals surface area contributed by atoms with Gasteiger partial charge in [-0.05, 0) is 31.5 Å². The van der Waals surface area contributed by atoms with Gasteiger partial charge in [0.2, 0.25) is 5.91 Å². The van der Waals surface area contributed by atoms with Gasteiger partial charge in [0.05, 0.1) is 6.04 Å². The van der Waals surface area contributed by atoms with Crippen LogP contribution in [0, 0.1) is 0 Å². The van der Waals surface area contributed by atoms with Crippen molar-refractivity contribution in [2.45, 2.75) is 31.8 Å². The average molecular weight is 388 g/mol. The minimum absolute atomic E-state index is 0. The molecule has 0 aromatic heterocycles. The Morgan fingerprint density at radius 2 is 1.81 bits per heavy atom. The van der Waals surface area contributed by atoms with E-state index in [0.717, 1.165) is 6.54 Å². The van der Waals surface area contributed by atoms with Crippen LogP contribution in [0.15, 0.2) is 54.6 Å². The molecule has 1 amide bonds. The van der Waals surface area contributed by atoms with E-state index in [1.165, 1.54) is 12.5 Å². The third-order valence-electron chi connectivity index (χ3n) is 5.08. The Bertz CT molecular complexity index is 797. The number of carbonyl (C=O) groups is 2. The van der Waals surface area contributed by atoms with Crippen molar-refractivity contribution in [3.05, 3.63) is 65.7 Å². The molecule has 1 saturated heterocycles. The minimum Gasteiger partial charge on any atom is -0.326 e. The quantitative estimate of drug-likeness (QED) is 0.773. The number of nitrogens with one attached hydrogen (secondary N) is 1. The van der Waals surface area contributed by atoms with E-state index in [0.29, 0.717) is 17.8 Å². The molecular formula is C21H26ClN3O2. The van der Waals surface area contributed by atoms with Gasteiger partial charge in [0, 0.05) is 36.3 Å². The predicted molar refractivity (Wildman–Crippen MR) is 111 cm³/mol. The van der Waals surface area contributed by atoms with Gasteiger partial charge in [-0.1, -0.05) is 42.5 Å². The summed E-state index contributed by atoms with van der Waals surface area (Å²) in [6, 6.07) is 16.9. The molecule has 0 saturated carbocycles. The van der Waals surface area contributed by atoms with E-state index in [-0.39, 0.29) is 42.1 Å². The molecule has 2 aromatic rings. The SMILES string of the molecule is CC(=O)c1cccc(NC(=O)C(C)N2C[C@@H](N)[C@H](c3ccccc3)C2)c1.Cl. The highest BCUT2D eigenvalue weighted by atomic mass is 35.5. The lowest BCUT2D eigenvalue weighted by atomic mass is 9.95. The van der Waals surface area contributed by atoms with Gasteiger partial charge in [0.1, 0.15) is 0 Å². The fourth-order valence-corrected chi connectivity index (χ4v) is 3.46. The van der Waals surface area contributed by atoms with Gasteiger partial charge in [-0.25, -0.2) is 0 Å². The summed E-state index contributed by atoms with van der Waals surface area (Å²) in [5.74, 6) is 0.115. The predicted octanol–water partition coefficient (Wildman–Crippen LogP) is 3.06. The number of Topliss-reactive ketones (excluding diaryl/α,β-unsaturated/α-hetero) is 1. The molecule has 0 aliphatic carbocycles. The van der Waals surface area contributed by atoms with Crippen molar-refractivity contribution >= 4 is 29.8 Å². The summed E-state index contributed by atoms with van der Waals surface area (Å²) >= 11 is 0. The Balaban J connectivity index is 0.00000261. The van der Waals surface area contributed by atoms with Crippen LogP contribution in [0.4, 0.5) is 5.69 Å². The summed E-state index contributed by atoms with van der Waals surface area (Å²) in [5.41, 5.74) is 8.77. The maximum atomic E-state index is 12.7. The number of halogens is 1. The third kappa shape index (κ3) is 4.95. The lowest BCUT2D eigenvalue weighted by Gasteiger charge is -2.23. The van der Waals surface area contributed by atoms with Crippen molar-refractivity contribution in [1.82, 2.24) is 4.90 Å². The van der Waals surface area contributed by atoms with Crippen molar-refractivity contribution in [3.8, 4) is 0 Å². The molecule has 3 rings (SSSR count). The second-order valence-corrected chi connectivity index (χ2v) is 6.94. The Labute approximate surface area is 166 Å². The molecule has 0 radical (unpaired) electrons. The van der Waals surface area contributed by atoms with Crippen molar-refractivity contribution in [2.24, 2.45) is 5.73 Å². The van der Waals surface area contributed by atoms with Crippen molar-refractivity contribution in [1.29, 1.82) is 0 Å². The monoisotopic (exact) mass is 387 g/mol. The van der Waals surface area contributed by atoms with Gasteiger partial charge in [-0.15, -0.1) is 12.4 Å². The number of nitrogens with zero attached hydrogens (tertiary/aromatic N) is 1. The highest BCUT2D eigenvalue weighted by Crippen LogP contribution is 2.28. The molecule has 1 unspecified atom stereocenters. The number of rotatable bonds is 5. The number of benzene rings is 2. The number of ketones is 1.